The second-order valence-corrected chi connectivity index (χ2v) is 9.34. The van der Waals surface area contributed by atoms with Crippen molar-refractivity contribution in [2.75, 3.05) is 36.8 Å². The number of carbonyl (C=O) groups is 1. The Kier molecular flexibility index (Phi) is 7.02. The highest BCUT2D eigenvalue weighted by Gasteiger charge is 2.25. The highest BCUT2D eigenvalue weighted by Crippen LogP contribution is 2.32. The Bertz CT molecular complexity index is 1530. The van der Waals surface area contributed by atoms with Gasteiger partial charge in [0, 0.05) is 38.1 Å². The number of nitrogen functional groups attached to an aromatic ring is 1. The van der Waals surface area contributed by atoms with E-state index in [1.807, 2.05) is 17.0 Å². The van der Waals surface area contributed by atoms with E-state index in [1.165, 1.54) is 10.7 Å². The fraction of sp³-hybridized carbons (Fsp3) is 0.179. The van der Waals surface area contributed by atoms with Gasteiger partial charge in [-0.25, -0.2) is 4.39 Å². The molecule has 0 aliphatic carbocycles. The highest BCUT2D eigenvalue weighted by atomic mass is 35.5. The summed E-state index contributed by atoms with van der Waals surface area (Å²) in [5.41, 5.74) is 8.00. The number of benzene rings is 3. The summed E-state index contributed by atoms with van der Waals surface area (Å²) in [5, 5.41) is 4.94. The maximum atomic E-state index is 13.7. The molecule has 3 aromatic carbocycles. The zero-order valence-corrected chi connectivity index (χ0v) is 21.4. The summed E-state index contributed by atoms with van der Waals surface area (Å²) >= 11 is 6.02. The minimum Gasteiger partial charge on any atom is -0.449 e. The normalized spacial score (nSPS) is 13.4. The van der Waals surface area contributed by atoms with Crippen molar-refractivity contribution < 1.29 is 13.9 Å². The molecule has 0 unspecified atom stereocenters. The zero-order valence-electron chi connectivity index (χ0n) is 20.6. The van der Waals surface area contributed by atoms with Crippen molar-refractivity contribution in [3.05, 3.63) is 94.1 Å². The van der Waals surface area contributed by atoms with Gasteiger partial charge in [0.15, 0.2) is 0 Å². The van der Waals surface area contributed by atoms with Gasteiger partial charge in [-0.1, -0.05) is 29.8 Å². The number of carbonyl (C=O) groups excluding carboxylic acids is 1. The van der Waals surface area contributed by atoms with Crippen LogP contribution in [0, 0.1) is 5.82 Å². The summed E-state index contributed by atoms with van der Waals surface area (Å²) in [6.45, 7) is 3.68. The molecule has 8 nitrogen and oxygen atoms in total. The van der Waals surface area contributed by atoms with Gasteiger partial charge in [-0.15, -0.1) is 0 Å². The van der Waals surface area contributed by atoms with Gasteiger partial charge in [-0.05, 0) is 59.7 Å². The van der Waals surface area contributed by atoms with Crippen molar-refractivity contribution in [3.63, 3.8) is 0 Å². The molecular formula is C28H25ClFN5O3. The van der Waals surface area contributed by atoms with E-state index < -0.39 is 11.4 Å². The monoisotopic (exact) mass is 533 g/mol. The third-order valence-corrected chi connectivity index (χ3v) is 6.71. The van der Waals surface area contributed by atoms with Crippen LogP contribution >= 0.6 is 11.6 Å². The van der Waals surface area contributed by atoms with E-state index in [9.17, 15) is 14.0 Å². The number of hydrogen-bond donors (Lipinski definition) is 1. The topological polar surface area (TPSA) is 93.7 Å². The van der Waals surface area contributed by atoms with Crippen LogP contribution in [-0.2, 0) is 4.79 Å². The fourth-order valence-corrected chi connectivity index (χ4v) is 4.46. The number of rotatable bonds is 5. The van der Waals surface area contributed by atoms with Gasteiger partial charge in [-0.3, -0.25) is 9.59 Å². The molecule has 194 valence electrons. The molecule has 0 saturated carbocycles. The Balaban J connectivity index is 1.49. The zero-order chi connectivity index (χ0) is 26.8. The summed E-state index contributed by atoms with van der Waals surface area (Å²) in [6, 6.07) is 18.4. The van der Waals surface area contributed by atoms with Gasteiger partial charge >= 0.3 is 5.56 Å². The molecule has 1 aliphatic heterocycles. The smallest absolute Gasteiger partial charge is 0.316 e. The first-order valence-electron chi connectivity index (χ1n) is 12.0. The van der Waals surface area contributed by atoms with Crippen LogP contribution in [0.4, 0.5) is 15.8 Å². The van der Waals surface area contributed by atoms with Crippen molar-refractivity contribution in [2.45, 2.75) is 6.92 Å². The average Bonchev–Trinajstić information content (AvgIpc) is 2.92. The summed E-state index contributed by atoms with van der Waals surface area (Å²) in [4.78, 5) is 29.2. The van der Waals surface area contributed by atoms with Gasteiger partial charge < -0.3 is 20.3 Å². The number of nitrogens with two attached hydrogens (primary N) is 1. The summed E-state index contributed by atoms with van der Waals surface area (Å²) in [6.07, 6.45) is 1.60. The number of piperazine rings is 1. The summed E-state index contributed by atoms with van der Waals surface area (Å²) < 4.78 is 21.0. The quantitative estimate of drug-likeness (QED) is 0.373. The van der Waals surface area contributed by atoms with Crippen LogP contribution in [-0.4, -0.2) is 46.8 Å². The number of aromatic nitrogens is 2. The Labute approximate surface area is 223 Å². The molecule has 1 aliphatic rings. The van der Waals surface area contributed by atoms with Gasteiger partial charge in [0.25, 0.3) is 0 Å². The Morgan fingerprint density at radius 1 is 0.974 bits per heavy atom. The lowest BCUT2D eigenvalue weighted by atomic mass is 10.0. The number of hydrogen-bond acceptors (Lipinski definition) is 6. The minimum atomic E-state index is -0.472. The van der Waals surface area contributed by atoms with Crippen LogP contribution in [0.25, 0.3) is 16.8 Å². The van der Waals surface area contributed by atoms with Crippen LogP contribution < -0.4 is 20.9 Å². The first kappa shape index (κ1) is 25.3. The SMILES string of the molecule is CC(=O)N1CCN(c2cnn(-c3ccc(Cl)cc3)c(=O)c2Oc2ccc(-c3ccc(F)c(N)c3)cc2)CC1. The maximum absolute atomic E-state index is 13.7. The molecule has 4 aromatic rings. The Morgan fingerprint density at radius 2 is 1.63 bits per heavy atom. The van der Waals surface area contributed by atoms with E-state index >= 15 is 0 Å². The number of amides is 1. The molecule has 1 aromatic heterocycles. The second kappa shape index (κ2) is 10.5. The number of anilines is 2. The van der Waals surface area contributed by atoms with Gasteiger partial charge in [-0.2, -0.15) is 9.78 Å². The van der Waals surface area contributed by atoms with Crippen LogP contribution in [0.5, 0.6) is 11.5 Å². The lowest BCUT2D eigenvalue weighted by molar-refractivity contribution is -0.129. The van der Waals surface area contributed by atoms with E-state index in [-0.39, 0.29) is 17.3 Å². The van der Waals surface area contributed by atoms with Crippen molar-refractivity contribution in [3.8, 4) is 28.3 Å². The van der Waals surface area contributed by atoms with Crippen LogP contribution in [0.3, 0.4) is 0 Å². The van der Waals surface area contributed by atoms with Crippen LogP contribution in [0.1, 0.15) is 6.92 Å². The summed E-state index contributed by atoms with van der Waals surface area (Å²) in [5.74, 6) is 0.101. The van der Waals surface area contributed by atoms with Crippen LogP contribution in [0.2, 0.25) is 5.02 Å². The first-order valence-corrected chi connectivity index (χ1v) is 12.4. The van der Waals surface area contributed by atoms with E-state index in [0.717, 1.165) is 11.1 Å². The van der Waals surface area contributed by atoms with Crippen molar-refractivity contribution in [2.24, 2.45) is 0 Å². The molecule has 1 saturated heterocycles. The lowest BCUT2D eigenvalue weighted by Crippen LogP contribution is -2.48. The predicted molar refractivity (Wildman–Crippen MR) is 146 cm³/mol. The van der Waals surface area contributed by atoms with E-state index in [4.69, 9.17) is 22.1 Å². The van der Waals surface area contributed by atoms with Crippen molar-refractivity contribution in [1.82, 2.24) is 14.7 Å². The molecule has 0 radical (unpaired) electrons. The van der Waals surface area contributed by atoms with Gasteiger partial charge in [0.2, 0.25) is 11.7 Å². The molecule has 0 atom stereocenters. The average molecular weight is 534 g/mol. The standard InChI is InChI=1S/C28H25ClFN5O3/c1-18(36)33-12-14-34(15-13-33)26-17-32-35(22-7-5-21(29)6-8-22)28(37)27(26)38-23-9-2-19(3-10-23)20-4-11-24(30)25(31)16-20/h2-11,16-17H,12-15,31H2,1H3. The van der Waals surface area contributed by atoms with E-state index in [0.29, 0.717) is 48.3 Å². The van der Waals surface area contributed by atoms with E-state index in [2.05, 4.69) is 5.10 Å². The van der Waals surface area contributed by atoms with Gasteiger partial charge in [0.1, 0.15) is 17.3 Å². The molecule has 10 heteroatoms. The lowest BCUT2D eigenvalue weighted by Gasteiger charge is -2.35. The third kappa shape index (κ3) is 5.19. The highest BCUT2D eigenvalue weighted by molar-refractivity contribution is 6.30. The van der Waals surface area contributed by atoms with Gasteiger partial charge in [0.05, 0.1) is 17.6 Å². The third-order valence-electron chi connectivity index (χ3n) is 6.46. The molecule has 2 heterocycles. The molecule has 38 heavy (non-hydrogen) atoms. The van der Waals surface area contributed by atoms with Crippen molar-refractivity contribution >= 4 is 28.9 Å². The molecule has 1 amide bonds. The fourth-order valence-electron chi connectivity index (χ4n) is 4.34. The molecule has 1 fully saturated rings. The second-order valence-electron chi connectivity index (χ2n) is 8.91. The Morgan fingerprint density at radius 3 is 2.26 bits per heavy atom. The van der Waals surface area contributed by atoms with E-state index in [1.54, 1.807) is 66.6 Å². The minimum absolute atomic E-state index is 0.0143. The Hall–Kier alpha value is -4.37. The van der Waals surface area contributed by atoms with Crippen LogP contribution in [0.15, 0.2) is 77.7 Å². The number of nitrogens with zero attached hydrogens (tertiary/aromatic N) is 4. The number of ether oxygens (including phenoxy) is 1. The molecule has 5 rings (SSSR count). The largest absolute Gasteiger partial charge is 0.449 e. The molecule has 0 spiro atoms. The molecular weight excluding hydrogens is 509 g/mol. The molecule has 0 bridgehead atoms. The first-order chi connectivity index (χ1) is 18.3. The number of halogens is 2. The molecule has 2 N–H and O–H groups in total. The van der Waals surface area contributed by atoms with Crippen molar-refractivity contribution in [1.29, 1.82) is 0 Å². The maximum Gasteiger partial charge on any atom is 0.316 e. The summed E-state index contributed by atoms with van der Waals surface area (Å²) in [7, 11) is 0. The predicted octanol–water partition coefficient (Wildman–Crippen LogP) is 4.74.